The number of amides is 1. The van der Waals surface area contributed by atoms with Gasteiger partial charge in [-0.15, -0.1) is 0 Å². The highest BCUT2D eigenvalue weighted by Crippen LogP contribution is 2.44. The van der Waals surface area contributed by atoms with Crippen molar-refractivity contribution in [2.75, 3.05) is 5.32 Å². The molecule has 1 aliphatic rings. The Balaban J connectivity index is 1.74. The maximum atomic E-state index is 11.4. The number of nitrogens with two attached hydrogens (primary N) is 1. The van der Waals surface area contributed by atoms with E-state index < -0.39 is 5.91 Å². The fourth-order valence-electron chi connectivity index (χ4n) is 2.38. The summed E-state index contributed by atoms with van der Waals surface area (Å²) in [6, 6.07) is 7.67. The molecular weight excluding hydrogens is 309 g/mol. The number of halogens is 2. The third-order valence-electron chi connectivity index (χ3n) is 3.59. The molecule has 21 heavy (non-hydrogen) atoms. The van der Waals surface area contributed by atoms with E-state index in [1.165, 1.54) is 6.20 Å². The summed E-state index contributed by atoms with van der Waals surface area (Å²) in [4.78, 5) is 15.3. The van der Waals surface area contributed by atoms with Crippen molar-refractivity contribution in [2.45, 2.75) is 18.4 Å². The van der Waals surface area contributed by atoms with E-state index in [0.29, 0.717) is 27.2 Å². The minimum atomic E-state index is -0.489. The summed E-state index contributed by atoms with van der Waals surface area (Å²) in [7, 11) is 0. The summed E-state index contributed by atoms with van der Waals surface area (Å²) < 4.78 is 0. The summed E-state index contributed by atoms with van der Waals surface area (Å²) in [6.45, 7) is 0. The van der Waals surface area contributed by atoms with Crippen molar-refractivity contribution in [1.29, 1.82) is 0 Å². The molecule has 3 rings (SSSR count). The summed E-state index contributed by atoms with van der Waals surface area (Å²) in [5.74, 6) is -0.133. The lowest BCUT2D eigenvalue weighted by Gasteiger charge is -2.09. The molecule has 1 aromatic carbocycles. The lowest BCUT2D eigenvalue weighted by molar-refractivity contribution is 0.100. The maximum absolute atomic E-state index is 11.4. The van der Waals surface area contributed by atoms with Gasteiger partial charge in [0.1, 0.15) is 0 Å². The van der Waals surface area contributed by atoms with Crippen LogP contribution in [0.2, 0.25) is 10.0 Å². The van der Waals surface area contributed by atoms with Crippen LogP contribution in [0.5, 0.6) is 0 Å². The Bertz CT molecular complexity index is 705. The maximum Gasteiger partial charge on any atom is 0.252 e. The Labute approximate surface area is 132 Å². The predicted octanol–water partition coefficient (Wildman–Crippen LogP) is 3.46. The number of carbonyl (C=O) groups is 1. The number of primary amides is 1. The molecule has 0 bridgehead atoms. The van der Waals surface area contributed by atoms with E-state index in [0.717, 1.165) is 12.0 Å². The highest BCUT2D eigenvalue weighted by Gasteiger charge is 2.39. The topological polar surface area (TPSA) is 68.0 Å². The molecule has 1 saturated carbocycles. The van der Waals surface area contributed by atoms with Gasteiger partial charge in [-0.2, -0.15) is 0 Å². The number of nitrogens with one attached hydrogen (secondary N) is 1. The van der Waals surface area contributed by atoms with Crippen LogP contribution in [0.4, 0.5) is 5.69 Å². The SMILES string of the molecule is NC(=O)c1cnccc1NC1CC1c1ccc(Cl)c(Cl)c1. The van der Waals surface area contributed by atoms with Crippen LogP contribution < -0.4 is 11.1 Å². The number of aromatic nitrogens is 1. The molecule has 2 aromatic rings. The number of benzene rings is 1. The van der Waals surface area contributed by atoms with E-state index in [2.05, 4.69) is 10.3 Å². The molecule has 0 radical (unpaired) electrons. The van der Waals surface area contributed by atoms with Gasteiger partial charge in [-0.1, -0.05) is 29.3 Å². The second-order valence-corrected chi connectivity index (χ2v) is 5.87. The fraction of sp³-hybridized carbons (Fsp3) is 0.200. The average molecular weight is 322 g/mol. The largest absolute Gasteiger partial charge is 0.381 e. The number of carbonyl (C=O) groups excluding carboxylic acids is 1. The van der Waals surface area contributed by atoms with Crippen molar-refractivity contribution in [3.63, 3.8) is 0 Å². The molecule has 2 atom stereocenters. The zero-order valence-electron chi connectivity index (χ0n) is 11.0. The van der Waals surface area contributed by atoms with Gasteiger partial charge >= 0.3 is 0 Å². The van der Waals surface area contributed by atoms with Gasteiger partial charge in [-0.05, 0) is 30.2 Å². The van der Waals surface area contributed by atoms with Crippen LogP contribution in [0.1, 0.15) is 28.3 Å². The lowest BCUT2D eigenvalue weighted by atomic mass is 10.1. The van der Waals surface area contributed by atoms with Gasteiger partial charge in [-0.3, -0.25) is 9.78 Å². The van der Waals surface area contributed by atoms with Gasteiger partial charge < -0.3 is 11.1 Å². The summed E-state index contributed by atoms with van der Waals surface area (Å²) in [5.41, 5.74) is 7.59. The van der Waals surface area contributed by atoms with E-state index in [1.807, 2.05) is 12.1 Å². The van der Waals surface area contributed by atoms with Crippen molar-refractivity contribution < 1.29 is 4.79 Å². The van der Waals surface area contributed by atoms with Crippen molar-refractivity contribution in [3.05, 3.63) is 57.8 Å². The van der Waals surface area contributed by atoms with Crippen LogP contribution in [-0.4, -0.2) is 16.9 Å². The Kier molecular flexibility index (Phi) is 3.74. The number of pyridine rings is 1. The van der Waals surface area contributed by atoms with Crippen LogP contribution >= 0.6 is 23.2 Å². The van der Waals surface area contributed by atoms with Crippen LogP contribution in [0.25, 0.3) is 0 Å². The lowest BCUT2D eigenvalue weighted by Crippen LogP contribution is -2.16. The summed E-state index contributed by atoms with van der Waals surface area (Å²) in [6.07, 6.45) is 4.07. The second kappa shape index (κ2) is 5.54. The van der Waals surface area contributed by atoms with Crippen LogP contribution in [0, 0.1) is 0 Å². The molecule has 108 valence electrons. The molecule has 1 aliphatic carbocycles. The first kappa shape index (κ1) is 14.2. The van der Waals surface area contributed by atoms with Gasteiger partial charge in [0, 0.05) is 24.4 Å². The first-order valence-corrected chi connectivity index (χ1v) is 7.27. The molecule has 1 aromatic heterocycles. The van der Waals surface area contributed by atoms with E-state index in [1.54, 1.807) is 18.3 Å². The number of hydrogen-bond acceptors (Lipinski definition) is 3. The molecule has 6 heteroatoms. The van der Waals surface area contributed by atoms with Gasteiger partial charge in [-0.25, -0.2) is 0 Å². The van der Waals surface area contributed by atoms with Crippen LogP contribution in [0.3, 0.4) is 0 Å². The summed E-state index contributed by atoms with van der Waals surface area (Å²) >= 11 is 12.0. The molecule has 1 fully saturated rings. The Morgan fingerprint density at radius 2 is 2.10 bits per heavy atom. The fourth-order valence-corrected chi connectivity index (χ4v) is 2.69. The molecule has 2 unspecified atom stereocenters. The molecule has 3 N–H and O–H groups in total. The van der Waals surface area contributed by atoms with Gasteiger partial charge in [0.15, 0.2) is 0 Å². The molecule has 1 heterocycles. The molecule has 1 amide bonds. The monoisotopic (exact) mass is 321 g/mol. The minimum Gasteiger partial charge on any atom is -0.381 e. The Morgan fingerprint density at radius 1 is 1.29 bits per heavy atom. The van der Waals surface area contributed by atoms with Crippen molar-refractivity contribution in [1.82, 2.24) is 4.98 Å². The molecule has 4 nitrogen and oxygen atoms in total. The second-order valence-electron chi connectivity index (χ2n) is 5.05. The summed E-state index contributed by atoms with van der Waals surface area (Å²) in [5, 5.41) is 4.44. The quantitative estimate of drug-likeness (QED) is 0.906. The normalized spacial score (nSPS) is 20.1. The van der Waals surface area contributed by atoms with E-state index >= 15 is 0 Å². The number of anilines is 1. The van der Waals surface area contributed by atoms with E-state index in [-0.39, 0.29) is 6.04 Å². The number of rotatable bonds is 4. The Morgan fingerprint density at radius 3 is 2.81 bits per heavy atom. The molecule has 0 aliphatic heterocycles. The van der Waals surface area contributed by atoms with Crippen molar-refractivity contribution in [3.8, 4) is 0 Å². The standard InChI is InChI=1S/C15H13Cl2N3O/c16-11-2-1-8(5-12(11)17)9-6-14(9)20-13-3-4-19-7-10(13)15(18)21/h1-5,7,9,14H,6H2,(H2,18,21)(H,19,20). The highest BCUT2D eigenvalue weighted by molar-refractivity contribution is 6.42. The molecule has 0 saturated heterocycles. The van der Waals surface area contributed by atoms with Gasteiger partial charge in [0.25, 0.3) is 5.91 Å². The zero-order valence-corrected chi connectivity index (χ0v) is 12.5. The zero-order chi connectivity index (χ0) is 15.0. The highest BCUT2D eigenvalue weighted by atomic mass is 35.5. The smallest absolute Gasteiger partial charge is 0.252 e. The first-order chi connectivity index (χ1) is 10.1. The third kappa shape index (κ3) is 2.96. The number of nitrogens with zero attached hydrogens (tertiary/aromatic N) is 1. The van der Waals surface area contributed by atoms with Crippen LogP contribution in [0.15, 0.2) is 36.7 Å². The number of hydrogen-bond donors (Lipinski definition) is 2. The molecule has 0 spiro atoms. The van der Waals surface area contributed by atoms with Gasteiger partial charge in [0.2, 0.25) is 0 Å². The van der Waals surface area contributed by atoms with Gasteiger partial charge in [0.05, 0.1) is 21.3 Å². The van der Waals surface area contributed by atoms with Crippen molar-refractivity contribution >= 4 is 34.8 Å². The van der Waals surface area contributed by atoms with Crippen LogP contribution in [-0.2, 0) is 0 Å². The predicted molar refractivity (Wildman–Crippen MR) is 84.0 cm³/mol. The Hall–Kier alpha value is -1.78. The molecular formula is C15H13Cl2N3O. The van der Waals surface area contributed by atoms with E-state index in [4.69, 9.17) is 28.9 Å². The van der Waals surface area contributed by atoms with E-state index in [9.17, 15) is 4.79 Å². The third-order valence-corrected chi connectivity index (χ3v) is 4.33. The minimum absolute atomic E-state index is 0.253. The van der Waals surface area contributed by atoms with Crippen molar-refractivity contribution in [2.24, 2.45) is 5.73 Å². The average Bonchev–Trinajstić information content (AvgIpc) is 3.21. The first-order valence-electron chi connectivity index (χ1n) is 6.51.